The van der Waals surface area contributed by atoms with Gasteiger partial charge >= 0.3 is 18.0 Å². The van der Waals surface area contributed by atoms with Crippen LogP contribution >= 0.6 is 0 Å². The van der Waals surface area contributed by atoms with Gasteiger partial charge in [-0.25, -0.2) is 14.4 Å². The van der Waals surface area contributed by atoms with Gasteiger partial charge < -0.3 is 29.0 Å². The Morgan fingerprint density at radius 3 is 2.05 bits per heavy atom. The maximum absolute atomic E-state index is 12.5. The van der Waals surface area contributed by atoms with Crippen molar-refractivity contribution in [2.24, 2.45) is 5.92 Å². The van der Waals surface area contributed by atoms with Gasteiger partial charge in [-0.3, -0.25) is 0 Å². The number of carbonyl (C=O) groups excluding carboxylic acids is 3. The Hall–Kier alpha value is -4.37. The number of esters is 2. The van der Waals surface area contributed by atoms with Crippen LogP contribution < -0.4 is 10.1 Å². The number of methoxy groups -OCH3 is 1. The third-order valence-corrected chi connectivity index (χ3v) is 5.59. The third-order valence-electron chi connectivity index (χ3n) is 5.59. The molecule has 3 aromatic rings. The second-order valence-corrected chi connectivity index (χ2v) is 8.85. The maximum atomic E-state index is 12.5. The second kappa shape index (κ2) is 15.1. The van der Waals surface area contributed by atoms with Crippen molar-refractivity contribution in [3.63, 3.8) is 0 Å². The molecule has 0 radical (unpaired) electrons. The number of carbonyl (C=O) groups is 3. The van der Waals surface area contributed by atoms with Crippen LogP contribution in [-0.4, -0.2) is 44.4 Å². The summed E-state index contributed by atoms with van der Waals surface area (Å²) in [6.07, 6.45) is -1.52. The molecule has 39 heavy (non-hydrogen) atoms. The minimum Gasteiger partial charge on any atom is -0.490 e. The fourth-order valence-corrected chi connectivity index (χ4v) is 3.50. The monoisotopic (exact) mass is 535 g/mol. The standard InChI is InChI=1S/C30H33NO8/c1-21(2)26(31-30(34)38-20-22-10-6-4-7-11-22)28(33)37-19-18-36-25-16-14-23(15-17-25)27(32)39-29(35-3)24-12-8-5-9-13-24/h4-17,21,26,29H,18-20H2,1-3H3,(H,31,34)/t26-,29?/m0/s1. The maximum Gasteiger partial charge on any atom is 0.408 e. The molecule has 0 spiro atoms. The van der Waals surface area contributed by atoms with Crippen LogP contribution in [0.4, 0.5) is 4.79 Å². The fraction of sp³-hybridized carbons (Fsp3) is 0.300. The van der Waals surface area contributed by atoms with Crippen LogP contribution in [0.3, 0.4) is 0 Å². The molecular formula is C30H33NO8. The highest BCUT2D eigenvalue weighted by Gasteiger charge is 2.26. The molecule has 1 N–H and O–H groups in total. The molecule has 3 aromatic carbocycles. The van der Waals surface area contributed by atoms with Gasteiger partial charge in [0.05, 0.1) is 5.56 Å². The summed E-state index contributed by atoms with van der Waals surface area (Å²) in [5.74, 6) is -0.860. The summed E-state index contributed by atoms with van der Waals surface area (Å²) in [6.45, 7) is 3.73. The van der Waals surface area contributed by atoms with Crippen molar-refractivity contribution < 1.29 is 38.1 Å². The van der Waals surface area contributed by atoms with Gasteiger partial charge in [0.25, 0.3) is 0 Å². The Morgan fingerprint density at radius 1 is 0.795 bits per heavy atom. The van der Waals surface area contributed by atoms with E-state index in [2.05, 4.69) is 5.32 Å². The highest BCUT2D eigenvalue weighted by Crippen LogP contribution is 2.21. The Kier molecular flexibility index (Phi) is 11.3. The number of hydrogen-bond donors (Lipinski definition) is 1. The van der Waals surface area contributed by atoms with Gasteiger partial charge in [-0.1, -0.05) is 74.5 Å². The second-order valence-electron chi connectivity index (χ2n) is 8.85. The third kappa shape index (κ3) is 9.46. The van der Waals surface area contributed by atoms with E-state index in [-0.39, 0.29) is 25.7 Å². The van der Waals surface area contributed by atoms with Crippen molar-refractivity contribution in [3.8, 4) is 5.75 Å². The molecule has 1 amide bonds. The average Bonchev–Trinajstić information content (AvgIpc) is 2.96. The molecule has 0 aliphatic rings. The van der Waals surface area contributed by atoms with Crippen LogP contribution in [0.15, 0.2) is 84.9 Å². The van der Waals surface area contributed by atoms with Gasteiger partial charge in [-0.2, -0.15) is 0 Å². The molecule has 3 rings (SSSR count). The SMILES string of the molecule is COC(OC(=O)c1ccc(OCCOC(=O)[C@@H](NC(=O)OCc2ccccc2)C(C)C)cc1)c1ccccc1. The predicted octanol–water partition coefficient (Wildman–Crippen LogP) is 5.06. The van der Waals surface area contributed by atoms with Gasteiger partial charge in [-0.05, 0) is 35.7 Å². The van der Waals surface area contributed by atoms with Gasteiger partial charge in [0.2, 0.25) is 6.29 Å². The van der Waals surface area contributed by atoms with E-state index in [0.717, 1.165) is 11.1 Å². The first-order valence-corrected chi connectivity index (χ1v) is 12.5. The zero-order valence-corrected chi connectivity index (χ0v) is 22.2. The normalized spacial score (nSPS) is 12.2. The first-order chi connectivity index (χ1) is 18.9. The summed E-state index contributed by atoms with van der Waals surface area (Å²) >= 11 is 0. The summed E-state index contributed by atoms with van der Waals surface area (Å²) in [5.41, 5.74) is 1.89. The smallest absolute Gasteiger partial charge is 0.408 e. The van der Waals surface area contributed by atoms with E-state index in [0.29, 0.717) is 11.3 Å². The highest BCUT2D eigenvalue weighted by molar-refractivity contribution is 5.89. The summed E-state index contributed by atoms with van der Waals surface area (Å²) in [4.78, 5) is 37.2. The molecule has 0 bridgehead atoms. The minimum absolute atomic E-state index is 0.0286. The molecule has 0 aliphatic carbocycles. The van der Waals surface area contributed by atoms with E-state index in [1.807, 2.05) is 60.7 Å². The van der Waals surface area contributed by atoms with Crippen molar-refractivity contribution in [1.29, 1.82) is 0 Å². The van der Waals surface area contributed by atoms with Crippen LogP contribution in [0.25, 0.3) is 0 Å². The number of hydrogen-bond acceptors (Lipinski definition) is 8. The first-order valence-electron chi connectivity index (χ1n) is 12.5. The average molecular weight is 536 g/mol. The first kappa shape index (κ1) is 29.2. The van der Waals surface area contributed by atoms with Crippen LogP contribution in [0.2, 0.25) is 0 Å². The number of nitrogens with one attached hydrogen (secondary N) is 1. The number of amides is 1. The van der Waals surface area contributed by atoms with Crippen LogP contribution in [0.1, 0.15) is 41.6 Å². The quantitative estimate of drug-likeness (QED) is 0.140. The van der Waals surface area contributed by atoms with Crippen molar-refractivity contribution in [3.05, 3.63) is 102 Å². The van der Waals surface area contributed by atoms with Crippen LogP contribution in [-0.2, 0) is 30.3 Å². The van der Waals surface area contributed by atoms with Gasteiger partial charge in [0.1, 0.15) is 31.6 Å². The van der Waals surface area contributed by atoms with Crippen molar-refractivity contribution in [1.82, 2.24) is 5.32 Å². The lowest BCUT2D eigenvalue weighted by molar-refractivity contribution is -0.148. The number of benzene rings is 3. The molecule has 0 aromatic heterocycles. The van der Waals surface area contributed by atoms with Gasteiger partial charge in [0.15, 0.2) is 0 Å². The summed E-state index contributed by atoms with van der Waals surface area (Å²) < 4.78 is 26.8. The molecule has 1 unspecified atom stereocenters. The molecule has 2 atom stereocenters. The van der Waals surface area contributed by atoms with Crippen molar-refractivity contribution in [2.45, 2.75) is 32.8 Å². The zero-order chi connectivity index (χ0) is 28.0. The summed E-state index contributed by atoms with van der Waals surface area (Å²) in [7, 11) is 1.46. The summed E-state index contributed by atoms with van der Waals surface area (Å²) in [5, 5.41) is 2.56. The Labute approximate surface area is 228 Å². The fourth-order valence-electron chi connectivity index (χ4n) is 3.50. The minimum atomic E-state index is -0.870. The highest BCUT2D eigenvalue weighted by atomic mass is 16.7. The van der Waals surface area contributed by atoms with E-state index >= 15 is 0 Å². The molecule has 206 valence electrons. The number of rotatable bonds is 13. The predicted molar refractivity (Wildman–Crippen MR) is 143 cm³/mol. The van der Waals surface area contributed by atoms with E-state index in [4.69, 9.17) is 23.7 Å². The summed E-state index contributed by atoms with van der Waals surface area (Å²) in [6, 6.07) is 23.9. The van der Waals surface area contributed by atoms with Crippen LogP contribution in [0, 0.1) is 5.92 Å². The van der Waals surface area contributed by atoms with Crippen LogP contribution in [0.5, 0.6) is 5.75 Å². The topological polar surface area (TPSA) is 109 Å². The number of alkyl carbamates (subject to hydrolysis) is 1. The Bertz CT molecular complexity index is 1180. The number of ether oxygens (including phenoxy) is 5. The molecule has 0 saturated heterocycles. The van der Waals surface area contributed by atoms with Crippen molar-refractivity contribution >= 4 is 18.0 Å². The Morgan fingerprint density at radius 2 is 1.44 bits per heavy atom. The van der Waals surface area contributed by atoms with E-state index < -0.39 is 30.4 Å². The molecule has 9 nitrogen and oxygen atoms in total. The molecular weight excluding hydrogens is 502 g/mol. The van der Waals surface area contributed by atoms with Gasteiger partial charge in [0, 0.05) is 12.7 Å². The molecule has 0 fully saturated rings. The van der Waals surface area contributed by atoms with E-state index in [9.17, 15) is 14.4 Å². The lowest BCUT2D eigenvalue weighted by Crippen LogP contribution is -2.45. The Balaban J connectivity index is 1.41. The van der Waals surface area contributed by atoms with E-state index in [1.54, 1.807) is 38.1 Å². The van der Waals surface area contributed by atoms with Crippen molar-refractivity contribution in [2.75, 3.05) is 20.3 Å². The lowest BCUT2D eigenvalue weighted by atomic mass is 10.1. The van der Waals surface area contributed by atoms with Gasteiger partial charge in [-0.15, -0.1) is 0 Å². The largest absolute Gasteiger partial charge is 0.490 e. The molecule has 0 heterocycles. The molecule has 9 heteroatoms. The lowest BCUT2D eigenvalue weighted by Gasteiger charge is -2.20. The molecule has 0 aliphatic heterocycles. The molecule has 0 saturated carbocycles. The zero-order valence-electron chi connectivity index (χ0n) is 22.2. The van der Waals surface area contributed by atoms with E-state index in [1.165, 1.54) is 7.11 Å².